The van der Waals surface area contributed by atoms with Gasteiger partial charge in [-0.15, -0.1) is 12.6 Å². The van der Waals surface area contributed by atoms with Crippen molar-refractivity contribution < 1.29 is 55.1 Å². The summed E-state index contributed by atoms with van der Waals surface area (Å²) in [4.78, 5) is 1.56. The zero-order valence-corrected chi connectivity index (χ0v) is 16.6. The monoisotopic (exact) mass is 370 g/mol. The van der Waals surface area contributed by atoms with Crippen molar-refractivity contribution in [1.29, 1.82) is 0 Å². The van der Waals surface area contributed by atoms with E-state index in [4.69, 9.17) is 17.3 Å². The number of thiocarbonyl (C=S) groups is 1. The van der Waals surface area contributed by atoms with E-state index in [-0.39, 0.29) is 40.4 Å². The summed E-state index contributed by atoms with van der Waals surface area (Å²) >= 11 is 9.10. The fraction of sp³-hybridized carbons (Fsp3) is 0.500. The molecular formula is C14H21NNaO5S2+. The average molecular weight is 370 g/mol. The molecule has 0 unspecified atom stereocenters. The van der Waals surface area contributed by atoms with E-state index in [1.165, 1.54) is 0 Å². The third kappa shape index (κ3) is 7.78. The number of thiol groups is 1. The zero-order valence-electron chi connectivity index (χ0n) is 12.9. The van der Waals surface area contributed by atoms with Gasteiger partial charge in [0, 0.05) is 13.1 Å². The van der Waals surface area contributed by atoms with Gasteiger partial charge in [0.1, 0.15) is 28.7 Å². The van der Waals surface area contributed by atoms with Gasteiger partial charge in [-0.05, 0) is 5.56 Å². The summed E-state index contributed by atoms with van der Waals surface area (Å²) in [5.41, 5.74) is 0.941. The first kappa shape index (κ1) is 23.3. The van der Waals surface area contributed by atoms with Gasteiger partial charge in [-0.1, -0.05) is 42.5 Å². The molecule has 1 rings (SSSR count). The molecule has 0 saturated carbocycles. The Morgan fingerprint density at radius 1 is 1.04 bits per heavy atom. The molecule has 0 fully saturated rings. The standard InChI is InChI=1S/C14H21NO5S2.Na/c16-8-11(18)13(20)12(19)10(17)7-15(14(21)22)6-9-4-2-1-3-5-9;/h1-5,10-13,16-20H,6-8H2,(H,21,22);/q;+1/t10-,11+,12+,13+;/m0./s1. The molecule has 0 aliphatic heterocycles. The van der Waals surface area contributed by atoms with Crippen LogP contribution in [0.5, 0.6) is 0 Å². The molecule has 5 N–H and O–H groups in total. The smallest absolute Gasteiger partial charge is 0.394 e. The van der Waals surface area contributed by atoms with Crippen LogP contribution in [0.15, 0.2) is 30.3 Å². The van der Waals surface area contributed by atoms with Crippen LogP contribution in [0.25, 0.3) is 0 Å². The average Bonchev–Trinajstić information content (AvgIpc) is 2.52. The van der Waals surface area contributed by atoms with Gasteiger partial charge in [-0.3, -0.25) is 0 Å². The summed E-state index contributed by atoms with van der Waals surface area (Å²) in [6.07, 6.45) is -6.18. The molecule has 0 aliphatic rings. The summed E-state index contributed by atoms with van der Waals surface area (Å²) in [5.74, 6) is 0. The predicted octanol–water partition coefficient (Wildman–Crippen LogP) is -3.86. The number of benzene rings is 1. The van der Waals surface area contributed by atoms with E-state index in [2.05, 4.69) is 12.6 Å². The molecule has 9 heteroatoms. The SMILES string of the molecule is OC[C@@H](O)[C@@H](O)[C@H](O)[C@@H](O)CN(Cc1ccccc1)C(=S)S.[Na+]. The third-order valence-corrected chi connectivity index (χ3v) is 3.76. The Kier molecular flexibility index (Phi) is 11.9. The maximum Gasteiger partial charge on any atom is 1.00 e. The minimum Gasteiger partial charge on any atom is -0.394 e. The number of rotatable bonds is 8. The fourth-order valence-electron chi connectivity index (χ4n) is 1.91. The van der Waals surface area contributed by atoms with Crippen LogP contribution in [-0.2, 0) is 6.54 Å². The van der Waals surface area contributed by atoms with Crippen molar-refractivity contribution in [1.82, 2.24) is 4.90 Å². The van der Waals surface area contributed by atoms with Gasteiger partial charge >= 0.3 is 29.6 Å². The molecule has 0 amide bonds. The van der Waals surface area contributed by atoms with Crippen LogP contribution < -0.4 is 29.6 Å². The van der Waals surface area contributed by atoms with Gasteiger partial charge in [0.25, 0.3) is 0 Å². The van der Waals surface area contributed by atoms with Gasteiger partial charge in [0.05, 0.1) is 6.61 Å². The maximum absolute atomic E-state index is 9.99. The maximum atomic E-state index is 9.99. The molecule has 23 heavy (non-hydrogen) atoms. The zero-order chi connectivity index (χ0) is 16.7. The molecule has 1 aromatic carbocycles. The molecule has 1 aromatic rings. The molecular weight excluding hydrogens is 349 g/mol. The van der Waals surface area contributed by atoms with Gasteiger partial charge in [0.2, 0.25) is 0 Å². The molecule has 4 atom stereocenters. The Morgan fingerprint density at radius 3 is 2.04 bits per heavy atom. The number of nitrogens with zero attached hydrogens (tertiary/aromatic N) is 1. The number of aliphatic hydroxyl groups is 5. The predicted molar refractivity (Wildman–Crippen MR) is 89.5 cm³/mol. The van der Waals surface area contributed by atoms with Crippen LogP contribution in [0, 0.1) is 0 Å². The summed E-state index contributed by atoms with van der Waals surface area (Å²) in [6.45, 7) is -0.414. The Balaban J connectivity index is 0.00000484. The van der Waals surface area contributed by atoms with Crippen molar-refractivity contribution in [2.45, 2.75) is 31.0 Å². The van der Waals surface area contributed by atoms with Crippen molar-refractivity contribution >= 4 is 29.2 Å². The summed E-state index contributed by atoms with van der Waals surface area (Å²) in [6, 6.07) is 9.36. The van der Waals surface area contributed by atoms with Gasteiger partial charge in [-0.2, -0.15) is 0 Å². The first-order chi connectivity index (χ1) is 10.4. The minimum atomic E-state index is -1.66. The third-order valence-electron chi connectivity index (χ3n) is 3.22. The molecule has 124 valence electrons. The Labute approximate surface area is 168 Å². The topological polar surface area (TPSA) is 104 Å². The van der Waals surface area contributed by atoms with E-state index in [0.717, 1.165) is 5.56 Å². The van der Waals surface area contributed by atoms with E-state index < -0.39 is 31.0 Å². The first-order valence-corrected chi connectivity index (χ1v) is 7.57. The number of hydrogen-bond acceptors (Lipinski definition) is 6. The molecule has 0 bridgehead atoms. The second-order valence-electron chi connectivity index (χ2n) is 4.95. The molecule has 0 aliphatic carbocycles. The van der Waals surface area contributed by atoms with Crippen molar-refractivity contribution in [2.75, 3.05) is 13.2 Å². The largest absolute Gasteiger partial charge is 1.00 e. The van der Waals surface area contributed by atoms with E-state index >= 15 is 0 Å². The van der Waals surface area contributed by atoms with Crippen LogP contribution in [0.2, 0.25) is 0 Å². The fourth-order valence-corrected chi connectivity index (χ4v) is 2.20. The Bertz CT molecular complexity index is 468. The number of aliphatic hydroxyl groups excluding tert-OH is 5. The van der Waals surface area contributed by atoms with Crippen molar-refractivity contribution in [3.05, 3.63) is 35.9 Å². The van der Waals surface area contributed by atoms with Crippen molar-refractivity contribution in [2.24, 2.45) is 0 Å². The second kappa shape index (κ2) is 11.8. The molecule has 0 spiro atoms. The summed E-state index contributed by atoms with van der Waals surface area (Å²) in [5, 5.41) is 47.5. The summed E-state index contributed by atoms with van der Waals surface area (Å²) in [7, 11) is 0. The first-order valence-electron chi connectivity index (χ1n) is 6.71. The van der Waals surface area contributed by atoms with E-state index in [0.29, 0.717) is 6.54 Å². The second-order valence-corrected chi connectivity index (χ2v) is 6.06. The Morgan fingerprint density at radius 2 is 1.57 bits per heavy atom. The summed E-state index contributed by atoms with van der Waals surface area (Å²) < 4.78 is 0.229. The molecule has 0 radical (unpaired) electrons. The van der Waals surface area contributed by atoms with Gasteiger partial charge in [0.15, 0.2) is 0 Å². The molecule has 6 nitrogen and oxygen atoms in total. The van der Waals surface area contributed by atoms with Crippen molar-refractivity contribution in [3.8, 4) is 0 Å². The van der Waals surface area contributed by atoms with Crippen LogP contribution in [0.4, 0.5) is 0 Å². The molecule has 0 aromatic heterocycles. The quantitative estimate of drug-likeness (QED) is 0.158. The van der Waals surface area contributed by atoms with Crippen molar-refractivity contribution in [3.63, 3.8) is 0 Å². The van der Waals surface area contributed by atoms with Gasteiger partial charge in [-0.25, -0.2) is 0 Å². The van der Waals surface area contributed by atoms with Crippen LogP contribution in [0.3, 0.4) is 0 Å². The van der Waals surface area contributed by atoms with Gasteiger partial charge < -0.3 is 30.4 Å². The minimum absolute atomic E-state index is 0. The van der Waals surface area contributed by atoms with E-state index in [1.807, 2.05) is 30.3 Å². The van der Waals surface area contributed by atoms with Crippen LogP contribution in [-0.4, -0.2) is 72.3 Å². The van der Waals surface area contributed by atoms with E-state index in [9.17, 15) is 20.4 Å². The van der Waals surface area contributed by atoms with Crippen LogP contribution >= 0.6 is 24.8 Å². The molecule has 0 heterocycles. The van der Waals surface area contributed by atoms with E-state index in [1.54, 1.807) is 4.90 Å². The molecule has 0 saturated heterocycles. The normalized spacial score (nSPS) is 15.9. The number of hydrogen-bond donors (Lipinski definition) is 6. The Hall–Kier alpha value is 0.260. The van der Waals surface area contributed by atoms with Crippen LogP contribution in [0.1, 0.15) is 5.56 Å².